The van der Waals surface area contributed by atoms with Gasteiger partial charge in [0.15, 0.2) is 0 Å². The molecule has 0 aliphatic rings. The van der Waals surface area contributed by atoms with Crippen LogP contribution in [-0.4, -0.2) is 11.4 Å². The monoisotopic (exact) mass is 184 g/mol. The summed E-state index contributed by atoms with van der Waals surface area (Å²) in [5.74, 6) is 0. The number of aliphatic hydroxyl groups is 1. The second-order valence-corrected chi connectivity index (χ2v) is 2.91. The first-order valence-corrected chi connectivity index (χ1v) is 3.99. The molecule has 2 nitrogen and oxygen atoms in total. The van der Waals surface area contributed by atoms with Gasteiger partial charge in [-0.25, -0.2) is 0 Å². The third-order valence-corrected chi connectivity index (χ3v) is 1.83. The lowest BCUT2D eigenvalue weighted by atomic mass is 10.1. The minimum atomic E-state index is -0.709. The van der Waals surface area contributed by atoms with Crippen LogP contribution in [0, 0.1) is 0 Å². The number of benzene rings is 1. The highest BCUT2D eigenvalue weighted by atomic mass is 35.5. The fraction of sp³-hybridized carbons (Fsp3) is 0.222. The average Bonchev–Trinajstić information content (AvgIpc) is 2.06. The van der Waals surface area contributed by atoms with E-state index < -0.39 is 6.10 Å². The van der Waals surface area contributed by atoms with Gasteiger partial charge in [-0.1, -0.05) is 23.7 Å². The zero-order chi connectivity index (χ0) is 8.97. The fourth-order valence-corrected chi connectivity index (χ4v) is 1.04. The van der Waals surface area contributed by atoms with Crippen LogP contribution < -0.4 is 0 Å². The molecule has 64 valence electrons. The summed E-state index contributed by atoms with van der Waals surface area (Å²) in [7, 11) is 0. The predicted octanol–water partition coefficient (Wildman–Crippen LogP) is 1.96. The molecule has 0 amide bonds. The number of carbonyl (C=O) groups excluding carboxylic acids is 1. The van der Waals surface area contributed by atoms with Gasteiger partial charge < -0.3 is 9.90 Å². The van der Waals surface area contributed by atoms with Gasteiger partial charge in [-0.15, -0.1) is 0 Å². The molecule has 0 fully saturated rings. The molecule has 12 heavy (non-hydrogen) atoms. The molecule has 0 aliphatic heterocycles. The number of aldehydes is 1. The summed E-state index contributed by atoms with van der Waals surface area (Å²) in [6.45, 7) is 0. The molecular formula is C9H9ClO2. The van der Waals surface area contributed by atoms with Crippen molar-refractivity contribution in [3.63, 3.8) is 0 Å². The average molecular weight is 185 g/mol. The Kier molecular flexibility index (Phi) is 3.26. The smallest absolute Gasteiger partial charge is 0.122 e. The fourth-order valence-electron chi connectivity index (χ4n) is 0.912. The Labute approximate surface area is 75.8 Å². The third-order valence-electron chi connectivity index (χ3n) is 1.57. The van der Waals surface area contributed by atoms with Gasteiger partial charge in [0.05, 0.1) is 6.10 Å². The quantitative estimate of drug-likeness (QED) is 0.730. The molecule has 0 spiro atoms. The van der Waals surface area contributed by atoms with Crippen molar-refractivity contribution < 1.29 is 9.90 Å². The molecule has 0 saturated carbocycles. The molecule has 1 N–H and O–H groups in total. The molecule has 3 heteroatoms. The van der Waals surface area contributed by atoms with Gasteiger partial charge in [-0.2, -0.15) is 0 Å². The molecule has 1 aromatic rings. The second-order valence-electron chi connectivity index (χ2n) is 2.47. The summed E-state index contributed by atoms with van der Waals surface area (Å²) < 4.78 is 0. The van der Waals surface area contributed by atoms with Gasteiger partial charge in [-0.3, -0.25) is 0 Å². The zero-order valence-electron chi connectivity index (χ0n) is 6.40. The van der Waals surface area contributed by atoms with Gasteiger partial charge in [0.2, 0.25) is 0 Å². The van der Waals surface area contributed by atoms with Crippen LogP contribution in [0.4, 0.5) is 0 Å². The molecule has 1 atom stereocenters. The lowest BCUT2D eigenvalue weighted by molar-refractivity contribution is -0.109. The maximum atomic E-state index is 10.1. The van der Waals surface area contributed by atoms with Crippen LogP contribution >= 0.6 is 11.6 Å². The largest absolute Gasteiger partial charge is 0.388 e. The van der Waals surface area contributed by atoms with Crippen molar-refractivity contribution >= 4 is 17.9 Å². The van der Waals surface area contributed by atoms with E-state index in [1.165, 1.54) is 0 Å². The lowest BCUT2D eigenvalue weighted by Gasteiger charge is -2.06. The van der Waals surface area contributed by atoms with Crippen molar-refractivity contribution in [1.29, 1.82) is 0 Å². The minimum absolute atomic E-state index is 0.127. The maximum absolute atomic E-state index is 10.1. The second kappa shape index (κ2) is 4.24. The predicted molar refractivity (Wildman–Crippen MR) is 47.1 cm³/mol. The maximum Gasteiger partial charge on any atom is 0.122 e. The number of halogens is 1. The van der Waals surface area contributed by atoms with Crippen LogP contribution in [0.5, 0.6) is 0 Å². The van der Waals surface area contributed by atoms with Crippen molar-refractivity contribution in [2.45, 2.75) is 12.5 Å². The van der Waals surface area contributed by atoms with E-state index in [0.717, 1.165) is 0 Å². The van der Waals surface area contributed by atoms with Crippen LogP contribution in [-0.2, 0) is 4.79 Å². The summed E-state index contributed by atoms with van der Waals surface area (Å²) in [5.41, 5.74) is 0.714. The van der Waals surface area contributed by atoms with Crippen molar-refractivity contribution in [2.24, 2.45) is 0 Å². The molecule has 1 unspecified atom stereocenters. The topological polar surface area (TPSA) is 37.3 Å². The molecule has 0 heterocycles. The normalized spacial score (nSPS) is 12.5. The van der Waals surface area contributed by atoms with Crippen LogP contribution in [0.1, 0.15) is 18.1 Å². The number of rotatable bonds is 3. The van der Waals surface area contributed by atoms with E-state index in [1.807, 2.05) is 0 Å². The molecule has 0 saturated heterocycles. The Morgan fingerprint density at radius 2 is 2.00 bits per heavy atom. The molecular weight excluding hydrogens is 176 g/mol. The Morgan fingerprint density at radius 3 is 2.50 bits per heavy atom. The SMILES string of the molecule is O=CCC(O)c1ccc(Cl)cc1. The molecule has 1 rings (SSSR count). The Hall–Kier alpha value is -0.860. The molecule has 0 aliphatic carbocycles. The van der Waals surface area contributed by atoms with Crippen molar-refractivity contribution in [3.8, 4) is 0 Å². The van der Waals surface area contributed by atoms with E-state index in [2.05, 4.69) is 0 Å². The van der Waals surface area contributed by atoms with E-state index in [0.29, 0.717) is 16.9 Å². The van der Waals surface area contributed by atoms with Gasteiger partial charge in [0.25, 0.3) is 0 Å². The van der Waals surface area contributed by atoms with E-state index in [9.17, 15) is 9.90 Å². The highest BCUT2D eigenvalue weighted by Gasteiger charge is 2.05. The van der Waals surface area contributed by atoms with Gasteiger partial charge in [-0.05, 0) is 17.7 Å². The standard InChI is InChI=1S/C9H9ClO2/c10-8-3-1-7(2-4-8)9(12)5-6-11/h1-4,6,9,12H,5H2. The van der Waals surface area contributed by atoms with E-state index in [4.69, 9.17) is 11.6 Å². The summed E-state index contributed by atoms with van der Waals surface area (Å²) in [6.07, 6.45) is 0.112. The van der Waals surface area contributed by atoms with Crippen molar-refractivity contribution in [3.05, 3.63) is 34.9 Å². The van der Waals surface area contributed by atoms with Crippen LogP contribution in [0.3, 0.4) is 0 Å². The van der Waals surface area contributed by atoms with Crippen LogP contribution in [0.25, 0.3) is 0 Å². The Bertz CT molecular complexity index is 256. The molecule has 0 aromatic heterocycles. The number of aliphatic hydroxyl groups excluding tert-OH is 1. The van der Waals surface area contributed by atoms with Crippen LogP contribution in [0.15, 0.2) is 24.3 Å². The first kappa shape index (κ1) is 9.23. The Balaban J connectivity index is 2.74. The zero-order valence-corrected chi connectivity index (χ0v) is 7.16. The third kappa shape index (κ3) is 2.32. The summed E-state index contributed by atoms with van der Waals surface area (Å²) in [4.78, 5) is 10.1. The molecule has 1 aromatic carbocycles. The van der Waals surface area contributed by atoms with E-state index >= 15 is 0 Å². The summed E-state index contributed by atoms with van der Waals surface area (Å²) >= 11 is 5.64. The van der Waals surface area contributed by atoms with E-state index in [1.54, 1.807) is 24.3 Å². The first-order valence-electron chi connectivity index (χ1n) is 3.61. The lowest BCUT2D eigenvalue weighted by Crippen LogP contribution is -1.96. The molecule has 0 radical (unpaired) electrons. The number of carbonyl (C=O) groups is 1. The van der Waals surface area contributed by atoms with E-state index in [-0.39, 0.29) is 6.42 Å². The van der Waals surface area contributed by atoms with Crippen LogP contribution in [0.2, 0.25) is 5.02 Å². The van der Waals surface area contributed by atoms with Crippen molar-refractivity contribution in [1.82, 2.24) is 0 Å². The highest BCUT2D eigenvalue weighted by Crippen LogP contribution is 2.17. The summed E-state index contributed by atoms with van der Waals surface area (Å²) in [6, 6.07) is 6.78. The number of hydrogen-bond donors (Lipinski definition) is 1. The summed E-state index contributed by atoms with van der Waals surface area (Å²) in [5, 5.41) is 9.96. The Morgan fingerprint density at radius 1 is 1.42 bits per heavy atom. The van der Waals surface area contributed by atoms with Gasteiger partial charge in [0, 0.05) is 11.4 Å². The molecule has 0 bridgehead atoms. The highest BCUT2D eigenvalue weighted by molar-refractivity contribution is 6.30. The minimum Gasteiger partial charge on any atom is -0.388 e. The van der Waals surface area contributed by atoms with Crippen molar-refractivity contribution in [2.75, 3.05) is 0 Å². The first-order chi connectivity index (χ1) is 5.74. The van der Waals surface area contributed by atoms with Gasteiger partial charge in [0.1, 0.15) is 6.29 Å². The van der Waals surface area contributed by atoms with Gasteiger partial charge >= 0.3 is 0 Å². The number of hydrogen-bond acceptors (Lipinski definition) is 2.